The quantitative estimate of drug-likeness (QED) is 0.633. The molecule has 0 saturated carbocycles. The number of aromatic nitrogens is 2. The van der Waals surface area contributed by atoms with Crippen LogP contribution in [0.15, 0.2) is 54.7 Å². The number of benzene rings is 2. The van der Waals surface area contributed by atoms with Crippen molar-refractivity contribution >= 4 is 0 Å². The van der Waals surface area contributed by atoms with Gasteiger partial charge in [-0.25, -0.2) is 14.4 Å². The molecular weight excluding hydrogens is 359 g/mol. The van der Waals surface area contributed by atoms with Crippen LogP contribution >= 0.6 is 0 Å². The van der Waals surface area contributed by atoms with Gasteiger partial charge in [-0.3, -0.25) is 0 Å². The number of hydrogen-bond acceptors (Lipinski definition) is 5. The fraction of sp³-hybridized carbons (Fsp3) is 0.273. The first-order chi connectivity index (χ1) is 13.6. The van der Waals surface area contributed by atoms with Crippen LogP contribution in [-0.4, -0.2) is 28.3 Å². The van der Waals surface area contributed by atoms with Crippen molar-refractivity contribution < 1.29 is 19.0 Å². The first-order valence-electron chi connectivity index (χ1n) is 9.15. The lowest BCUT2D eigenvalue weighted by molar-refractivity contribution is 0.169. The predicted molar refractivity (Wildman–Crippen MR) is 105 cm³/mol. The Bertz CT molecular complexity index is 933. The number of aliphatic hydroxyl groups is 1. The van der Waals surface area contributed by atoms with Gasteiger partial charge in [0.25, 0.3) is 0 Å². The van der Waals surface area contributed by atoms with Crippen LogP contribution < -0.4 is 9.47 Å². The summed E-state index contributed by atoms with van der Waals surface area (Å²) in [6, 6.07) is 13.6. The van der Waals surface area contributed by atoms with Gasteiger partial charge in [-0.2, -0.15) is 0 Å². The Morgan fingerprint density at radius 1 is 1.11 bits per heavy atom. The average molecular weight is 382 g/mol. The van der Waals surface area contributed by atoms with E-state index in [9.17, 15) is 9.50 Å². The van der Waals surface area contributed by atoms with Crippen molar-refractivity contribution in [2.45, 2.75) is 32.5 Å². The zero-order valence-electron chi connectivity index (χ0n) is 15.9. The van der Waals surface area contributed by atoms with Crippen LogP contribution in [0.1, 0.15) is 24.6 Å². The monoisotopic (exact) mass is 382 g/mol. The third-order valence-electron chi connectivity index (χ3n) is 4.39. The van der Waals surface area contributed by atoms with Gasteiger partial charge in [-0.15, -0.1) is 0 Å². The topological polar surface area (TPSA) is 64.5 Å². The number of rotatable bonds is 8. The average Bonchev–Trinajstić information content (AvgIpc) is 2.73. The van der Waals surface area contributed by atoms with E-state index in [0.29, 0.717) is 41.4 Å². The highest BCUT2D eigenvalue weighted by Gasteiger charge is 2.12. The Morgan fingerprint density at radius 3 is 2.71 bits per heavy atom. The number of methoxy groups -OCH3 is 1. The Kier molecular flexibility index (Phi) is 6.55. The van der Waals surface area contributed by atoms with Crippen molar-refractivity contribution in [1.29, 1.82) is 0 Å². The molecule has 1 heterocycles. The molecule has 3 rings (SSSR count). The maximum atomic E-state index is 13.7. The molecule has 0 unspecified atom stereocenters. The molecule has 5 nitrogen and oxygen atoms in total. The van der Waals surface area contributed by atoms with E-state index in [-0.39, 0.29) is 12.4 Å². The maximum absolute atomic E-state index is 13.7. The molecule has 3 aromatic rings. The first-order valence-corrected chi connectivity index (χ1v) is 9.15. The standard InChI is InChI=1S/C22H23FN2O3/c1-3-18(26)12-15-6-4-5-7-20(15)28-14-17-10-11-24-22(25-17)19-13-16(23)8-9-21(19)27-2/h4-11,13,18,26H,3,12,14H2,1-2H3/t18-/m1/s1. The van der Waals surface area contributed by atoms with Gasteiger partial charge >= 0.3 is 0 Å². The minimum absolute atomic E-state index is 0.229. The van der Waals surface area contributed by atoms with Crippen LogP contribution in [0.4, 0.5) is 4.39 Å². The molecule has 146 valence electrons. The summed E-state index contributed by atoms with van der Waals surface area (Å²) in [6.45, 7) is 2.17. The molecule has 1 aromatic heterocycles. The Labute approximate surface area is 163 Å². The zero-order chi connectivity index (χ0) is 19.9. The van der Waals surface area contributed by atoms with Crippen LogP contribution in [0.25, 0.3) is 11.4 Å². The van der Waals surface area contributed by atoms with E-state index in [0.717, 1.165) is 5.56 Å². The van der Waals surface area contributed by atoms with Crippen molar-refractivity contribution in [2.75, 3.05) is 7.11 Å². The molecule has 0 aliphatic heterocycles. The molecular formula is C22H23FN2O3. The number of halogens is 1. The van der Waals surface area contributed by atoms with Crippen LogP contribution in [0.3, 0.4) is 0 Å². The number of para-hydroxylation sites is 1. The van der Waals surface area contributed by atoms with Crippen LogP contribution in [-0.2, 0) is 13.0 Å². The van der Waals surface area contributed by atoms with E-state index in [1.54, 1.807) is 18.3 Å². The molecule has 0 aliphatic carbocycles. The molecule has 0 radical (unpaired) electrons. The molecule has 0 saturated heterocycles. The van der Waals surface area contributed by atoms with Crippen LogP contribution in [0.5, 0.6) is 11.5 Å². The zero-order valence-corrected chi connectivity index (χ0v) is 15.9. The number of ether oxygens (including phenoxy) is 2. The maximum Gasteiger partial charge on any atom is 0.163 e. The minimum atomic E-state index is -0.407. The third kappa shape index (κ3) is 4.84. The molecule has 28 heavy (non-hydrogen) atoms. The molecule has 1 atom stereocenters. The molecule has 0 aliphatic rings. The fourth-order valence-electron chi connectivity index (χ4n) is 2.82. The van der Waals surface area contributed by atoms with Gasteiger partial charge in [0.1, 0.15) is 23.9 Å². The molecule has 2 aromatic carbocycles. The van der Waals surface area contributed by atoms with E-state index in [1.807, 2.05) is 31.2 Å². The van der Waals surface area contributed by atoms with Crippen molar-refractivity contribution in [3.63, 3.8) is 0 Å². The summed E-state index contributed by atoms with van der Waals surface area (Å²) in [7, 11) is 1.52. The van der Waals surface area contributed by atoms with E-state index in [2.05, 4.69) is 9.97 Å². The number of nitrogens with zero attached hydrogens (tertiary/aromatic N) is 2. The third-order valence-corrected chi connectivity index (χ3v) is 4.39. The smallest absolute Gasteiger partial charge is 0.163 e. The van der Waals surface area contributed by atoms with Crippen LogP contribution in [0, 0.1) is 5.82 Å². The Balaban J connectivity index is 1.79. The minimum Gasteiger partial charge on any atom is -0.496 e. The SMILES string of the molecule is CC[C@@H](O)Cc1ccccc1OCc1ccnc(-c2cc(F)ccc2OC)n1. The summed E-state index contributed by atoms with van der Waals surface area (Å²) in [5.74, 6) is 1.19. The summed E-state index contributed by atoms with van der Waals surface area (Å²) in [5, 5.41) is 9.94. The summed E-state index contributed by atoms with van der Waals surface area (Å²) < 4.78 is 24.9. The van der Waals surface area contributed by atoms with Gasteiger partial charge in [0, 0.05) is 12.6 Å². The number of hydrogen-bond donors (Lipinski definition) is 1. The normalized spacial score (nSPS) is 11.9. The molecule has 6 heteroatoms. The van der Waals surface area contributed by atoms with Gasteiger partial charge in [-0.1, -0.05) is 25.1 Å². The summed E-state index contributed by atoms with van der Waals surface area (Å²) in [6.07, 6.45) is 2.41. The van der Waals surface area contributed by atoms with Crippen molar-refractivity contribution in [2.24, 2.45) is 0 Å². The van der Waals surface area contributed by atoms with Crippen molar-refractivity contribution in [3.05, 3.63) is 71.8 Å². The highest BCUT2D eigenvalue weighted by molar-refractivity contribution is 5.64. The van der Waals surface area contributed by atoms with E-state index >= 15 is 0 Å². The van der Waals surface area contributed by atoms with Crippen molar-refractivity contribution in [3.8, 4) is 22.9 Å². The predicted octanol–water partition coefficient (Wildman–Crippen LogP) is 4.18. The lowest BCUT2D eigenvalue weighted by Gasteiger charge is -2.14. The molecule has 1 N–H and O–H groups in total. The lowest BCUT2D eigenvalue weighted by atomic mass is 10.1. The van der Waals surface area contributed by atoms with E-state index in [4.69, 9.17) is 9.47 Å². The van der Waals surface area contributed by atoms with Gasteiger partial charge in [0.2, 0.25) is 0 Å². The second-order valence-electron chi connectivity index (χ2n) is 6.38. The Morgan fingerprint density at radius 2 is 1.93 bits per heavy atom. The van der Waals surface area contributed by atoms with Gasteiger partial charge < -0.3 is 14.6 Å². The largest absolute Gasteiger partial charge is 0.496 e. The fourth-order valence-corrected chi connectivity index (χ4v) is 2.82. The van der Waals surface area contributed by atoms with E-state index < -0.39 is 6.10 Å². The molecule has 0 spiro atoms. The first kappa shape index (κ1) is 19.8. The molecule has 0 fully saturated rings. The summed E-state index contributed by atoms with van der Waals surface area (Å²) >= 11 is 0. The highest BCUT2D eigenvalue weighted by atomic mass is 19.1. The molecule has 0 bridgehead atoms. The van der Waals surface area contributed by atoms with Gasteiger partial charge in [-0.05, 0) is 42.3 Å². The van der Waals surface area contributed by atoms with Gasteiger partial charge in [0.15, 0.2) is 5.82 Å². The van der Waals surface area contributed by atoms with Gasteiger partial charge in [0.05, 0.1) is 24.5 Å². The van der Waals surface area contributed by atoms with Crippen molar-refractivity contribution in [1.82, 2.24) is 9.97 Å². The lowest BCUT2D eigenvalue weighted by Crippen LogP contribution is -2.10. The van der Waals surface area contributed by atoms with E-state index in [1.165, 1.54) is 19.2 Å². The summed E-state index contributed by atoms with van der Waals surface area (Å²) in [5.41, 5.74) is 2.08. The summed E-state index contributed by atoms with van der Waals surface area (Å²) in [4.78, 5) is 8.72. The Hall–Kier alpha value is -2.99. The second kappa shape index (κ2) is 9.28. The highest BCUT2D eigenvalue weighted by Crippen LogP contribution is 2.28. The van der Waals surface area contributed by atoms with Crippen LogP contribution in [0.2, 0.25) is 0 Å². The molecule has 0 amide bonds. The second-order valence-corrected chi connectivity index (χ2v) is 6.38. The number of aliphatic hydroxyl groups excluding tert-OH is 1.